The maximum Gasteiger partial charge on any atom is 0.323 e. The van der Waals surface area contributed by atoms with Crippen LogP contribution in [0.3, 0.4) is 0 Å². The molecular formula is C29H32N4O3. The van der Waals surface area contributed by atoms with Crippen molar-refractivity contribution in [3.05, 3.63) is 83.4 Å². The topological polar surface area (TPSA) is 73.9 Å². The molecule has 2 aliphatic rings. The summed E-state index contributed by atoms with van der Waals surface area (Å²) in [5.41, 5.74) is 5.36. The van der Waals surface area contributed by atoms with Crippen LogP contribution in [0, 0.1) is 0 Å². The highest BCUT2D eigenvalue weighted by Gasteiger charge is 2.26. The van der Waals surface area contributed by atoms with Crippen molar-refractivity contribution in [1.82, 2.24) is 4.90 Å². The van der Waals surface area contributed by atoms with Crippen LogP contribution in [0.15, 0.2) is 66.7 Å². The first kappa shape index (κ1) is 23.7. The van der Waals surface area contributed by atoms with Gasteiger partial charge in [0.25, 0.3) is 5.91 Å². The summed E-state index contributed by atoms with van der Waals surface area (Å²) in [6, 6.07) is 21.0. The molecule has 0 aromatic heterocycles. The highest BCUT2D eigenvalue weighted by atomic mass is 16.5. The van der Waals surface area contributed by atoms with Crippen LogP contribution in [-0.4, -0.2) is 43.1 Å². The first-order valence-electron chi connectivity index (χ1n) is 12.7. The zero-order valence-electron chi connectivity index (χ0n) is 20.6. The minimum Gasteiger partial charge on any atom is -0.492 e. The van der Waals surface area contributed by atoms with Crippen LogP contribution < -0.4 is 20.3 Å². The van der Waals surface area contributed by atoms with Gasteiger partial charge in [-0.3, -0.25) is 4.79 Å². The van der Waals surface area contributed by atoms with E-state index in [9.17, 15) is 9.59 Å². The highest BCUT2D eigenvalue weighted by Crippen LogP contribution is 2.31. The fourth-order valence-corrected chi connectivity index (χ4v) is 4.99. The van der Waals surface area contributed by atoms with Crippen molar-refractivity contribution in [1.29, 1.82) is 0 Å². The Labute approximate surface area is 212 Å². The second kappa shape index (κ2) is 10.7. The third kappa shape index (κ3) is 5.15. The van der Waals surface area contributed by atoms with E-state index >= 15 is 0 Å². The number of benzene rings is 3. The molecule has 0 atom stereocenters. The van der Waals surface area contributed by atoms with E-state index in [4.69, 9.17) is 4.74 Å². The third-order valence-corrected chi connectivity index (χ3v) is 6.78. The maximum absolute atomic E-state index is 13.6. The zero-order valence-corrected chi connectivity index (χ0v) is 20.6. The maximum atomic E-state index is 13.6. The Bertz CT molecular complexity index is 1250. The number of urea groups is 1. The molecule has 2 aliphatic heterocycles. The minimum atomic E-state index is -0.388. The lowest BCUT2D eigenvalue weighted by molar-refractivity contribution is 0.0793. The summed E-state index contributed by atoms with van der Waals surface area (Å²) >= 11 is 0. The fourth-order valence-electron chi connectivity index (χ4n) is 4.99. The SMILES string of the molecule is CCOc1ccccc1NC(=O)Nc1ccc(N2CCc3ccccc3C2)c(C(=O)N2CCCC2)c1. The van der Waals surface area contributed by atoms with Crippen molar-refractivity contribution >= 4 is 29.0 Å². The van der Waals surface area contributed by atoms with Gasteiger partial charge < -0.3 is 25.2 Å². The number of likely N-dealkylation sites (tertiary alicyclic amines) is 1. The lowest BCUT2D eigenvalue weighted by Crippen LogP contribution is -2.34. The Balaban J connectivity index is 1.39. The lowest BCUT2D eigenvalue weighted by Gasteiger charge is -2.33. The van der Waals surface area contributed by atoms with Gasteiger partial charge in [0, 0.05) is 37.6 Å². The van der Waals surface area contributed by atoms with Gasteiger partial charge in [-0.25, -0.2) is 4.79 Å². The number of anilines is 3. The number of fused-ring (bicyclic) bond motifs is 1. The molecule has 3 aromatic rings. The molecule has 0 spiro atoms. The summed E-state index contributed by atoms with van der Waals surface area (Å²) in [5, 5.41) is 5.75. The van der Waals surface area contributed by atoms with Crippen LogP contribution in [0.2, 0.25) is 0 Å². The number of nitrogens with one attached hydrogen (secondary N) is 2. The van der Waals surface area contributed by atoms with Gasteiger partial charge in [-0.2, -0.15) is 0 Å². The van der Waals surface area contributed by atoms with Crippen LogP contribution in [-0.2, 0) is 13.0 Å². The van der Waals surface area contributed by atoms with Gasteiger partial charge in [-0.05, 0) is 67.6 Å². The van der Waals surface area contributed by atoms with E-state index in [1.807, 2.05) is 48.2 Å². The van der Waals surface area contributed by atoms with E-state index in [0.29, 0.717) is 29.3 Å². The number of para-hydroxylation sites is 2. The average Bonchev–Trinajstić information content (AvgIpc) is 3.44. The number of rotatable bonds is 6. The normalized spacial score (nSPS) is 14.8. The van der Waals surface area contributed by atoms with Gasteiger partial charge in [-0.1, -0.05) is 36.4 Å². The molecule has 3 aromatic carbocycles. The zero-order chi connectivity index (χ0) is 24.9. The van der Waals surface area contributed by atoms with Crippen LogP contribution in [0.4, 0.5) is 21.9 Å². The van der Waals surface area contributed by atoms with E-state index in [1.54, 1.807) is 6.07 Å². The number of amides is 3. The molecule has 0 unspecified atom stereocenters. The van der Waals surface area contributed by atoms with Crippen molar-refractivity contribution in [3.63, 3.8) is 0 Å². The number of hydrogen-bond donors (Lipinski definition) is 2. The molecule has 1 fully saturated rings. The van der Waals surface area contributed by atoms with Gasteiger partial charge in [0.1, 0.15) is 5.75 Å². The molecule has 0 bridgehead atoms. The summed E-state index contributed by atoms with van der Waals surface area (Å²) in [6.07, 6.45) is 2.99. The van der Waals surface area contributed by atoms with E-state index < -0.39 is 0 Å². The molecule has 5 rings (SSSR count). The highest BCUT2D eigenvalue weighted by molar-refractivity contribution is 6.04. The first-order chi connectivity index (χ1) is 17.6. The molecular weight excluding hydrogens is 452 g/mol. The second-order valence-electron chi connectivity index (χ2n) is 9.18. The standard InChI is InChI=1S/C29H32N4O3/c1-2-36-27-12-6-5-11-25(27)31-29(35)30-23-13-14-26(24(19-23)28(34)32-16-7-8-17-32)33-18-15-21-9-3-4-10-22(21)20-33/h3-6,9-14,19H,2,7-8,15-18,20H2,1H3,(H2,30,31,35). The van der Waals surface area contributed by atoms with Crippen molar-refractivity contribution in [2.24, 2.45) is 0 Å². The van der Waals surface area contributed by atoms with E-state index in [0.717, 1.165) is 51.1 Å². The Morgan fingerprint density at radius 2 is 1.64 bits per heavy atom. The van der Waals surface area contributed by atoms with Gasteiger partial charge in [0.05, 0.1) is 17.9 Å². The lowest BCUT2D eigenvalue weighted by atomic mass is 9.98. The van der Waals surface area contributed by atoms with E-state index in [2.05, 4.69) is 39.8 Å². The van der Waals surface area contributed by atoms with E-state index in [-0.39, 0.29) is 11.9 Å². The van der Waals surface area contributed by atoms with Gasteiger partial charge in [-0.15, -0.1) is 0 Å². The smallest absolute Gasteiger partial charge is 0.323 e. The van der Waals surface area contributed by atoms with Crippen molar-refractivity contribution in [2.45, 2.75) is 32.7 Å². The monoisotopic (exact) mass is 484 g/mol. The predicted octanol–water partition coefficient (Wildman–Crippen LogP) is 5.53. The van der Waals surface area contributed by atoms with Gasteiger partial charge in [0.15, 0.2) is 0 Å². The van der Waals surface area contributed by atoms with Crippen LogP contribution in [0.5, 0.6) is 5.75 Å². The molecule has 7 nitrogen and oxygen atoms in total. The predicted molar refractivity (Wildman–Crippen MR) is 143 cm³/mol. The molecule has 0 saturated carbocycles. The number of hydrogen-bond acceptors (Lipinski definition) is 4. The number of carbonyl (C=O) groups is 2. The summed E-state index contributed by atoms with van der Waals surface area (Å²) < 4.78 is 5.61. The van der Waals surface area contributed by atoms with Crippen molar-refractivity contribution in [2.75, 3.05) is 41.8 Å². The van der Waals surface area contributed by atoms with Crippen LogP contribution >= 0.6 is 0 Å². The summed E-state index contributed by atoms with van der Waals surface area (Å²) in [6.45, 7) is 5.56. The Morgan fingerprint density at radius 1 is 0.889 bits per heavy atom. The molecule has 0 aliphatic carbocycles. The number of carbonyl (C=O) groups excluding carboxylic acids is 2. The molecule has 2 N–H and O–H groups in total. The number of ether oxygens (including phenoxy) is 1. The third-order valence-electron chi connectivity index (χ3n) is 6.78. The van der Waals surface area contributed by atoms with Crippen molar-refractivity contribution in [3.8, 4) is 5.75 Å². The summed E-state index contributed by atoms with van der Waals surface area (Å²) in [5.74, 6) is 0.632. The Hall–Kier alpha value is -4.00. The van der Waals surface area contributed by atoms with Gasteiger partial charge >= 0.3 is 6.03 Å². The second-order valence-corrected chi connectivity index (χ2v) is 9.18. The molecule has 36 heavy (non-hydrogen) atoms. The van der Waals surface area contributed by atoms with E-state index in [1.165, 1.54) is 11.1 Å². The van der Waals surface area contributed by atoms with Crippen molar-refractivity contribution < 1.29 is 14.3 Å². The Morgan fingerprint density at radius 3 is 2.44 bits per heavy atom. The quantitative estimate of drug-likeness (QED) is 0.483. The van der Waals surface area contributed by atoms with Crippen LogP contribution in [0.1, 0.15) is 41.3 Å². The molecule has 186 valence electrons. The van der Waals surface area contributed by atoms with Gasteiger partial charge in [0.2, 0.25) is 0 Å². The fraction of sp³-hybridized carbons (Fsp3) is 0.310. The largest absolute Gasteiger partial charge is 0.492 e. The van der Waals surface area contributed by atoms with Crippen LogP contribution in [0.25, 0.3) is 0 Å². The number of nitrogens with zero attached hydrogens (tertiary/aromatic N) is 2. The molecule has 1 saturated heterocycles. The molecule has 3 amide bonds. The first-order valence-corrected chi connectivity index (χ1v) is 12.7. The minimum absolute atomic E-state index is 0.0205. The molecule has 2 heterocycles. The molecule has 7 heteroatoms. The average molecular weight is 485 g/mol. The Kier molecular flexibility index (Phi) is 7.07. The molecule has 0 radical (unpaired) electrons. The summed E-state index contributed by atoms with van der Waals surface area (Å²) in [7, 11) is 0. The summed E-state index contributed by atoms with van der Waals surface area (Å²) in [4.78, 5) is 30.6.